The van der Waals surface area contributed by atoms with Crippen molar-refractivity contribution >= 4 is 27.5 Å². The van der Waals surface area contributed by atoms with Crippen molar-refractivity contribution < 1.29 is 15.0 Å². The number of amides is 1. The normalized spacial score (nSPS) is 21.2. The van der Waals surface area contributed by atoms with Crippen LogP contribution in [0.1, 0.15) is 5.48 Å². The first-order chi connectivity index (χ1) is 8.45. The maximum absolute atomic E-state index is 11.7. The highest BCUT2D eigenvalue weighted by Gasteiger charge is 2.19. The standard InChI is InChI=1S/C10H10BrNO2/c11-8-1-3-9(4-2-8)12-5-6-14-7-10(12)13/h1-4H,5-7H2/i1D,2D,3D,4D. The maximum Gasteiger partial charge on any atom is 0.253 e. The molecule has 74 valence electrons. The van der Waals surface area contributed by atoms with E-state index in [0.29, 0.717) is 6.61 Å². The molecule has 1 aromatic carbocycles. The number of hydrogen-bond acceptors (Lipinski definition) is 2. The van der Waals surface area contributed by atoms with E-state index in [1.807, 2.05) is 0 Å². The second-order valence-electron chi connectivity index (χ2n) is 2.76. The summed E-state index contributed by atoms with van der Waals surface area (Å²) in [6.45, 7) is 0.452. The molecule has 0 N–H and O–H groups in total. The highest BCUT2D eigenvalue weighted by Crippen LogP contribution is 2.19. The van der Waals surface area contributed by atoms with Gasteiger partial charge in [0.25, 0.3) is 5.91 Å². The van der Waals surface area contributed by atoms with Crippen LogP contribution in [-0.2, 0) is 9.53 Å². The minimum Gasteiger partial charge on any atom is -0.370 e. The molecule has 4 heteroatoms. The van der Waals surface area contributed by atoms with Crippen molar-refractivity contribution in [3.8, 4) is 0 Å². The van der Waals surface area contributed by atoms with E-state index in [-0.39, 0.29) is 53.4 Å². The fourth-order valence-corrected chi connectivity index (χ4v) is 1.38. The van der Waals surface area contributed by atoms with Crippen molar-refractivity contribution in [2.24, 2.45) is 0 Å². The summed E-state index contributed by atoms with van der Waals surface area (Å²) in [5.41, 5.74) is 0.0153. The summed E-state index contributed by atoms with van der Waals surface area (Å²) < 4.78 is 36.2. The highest BCUT2D eigenvalue weighted by atomic mass is 79.9. The van der Waals surface area contributed by atoms with Crippen molar-refractivity contribution in [1.82, 2.24) is 0 Å². The van der Waals surface area contributed by atoms with Crippen LogP contribution in [-0.4, -0.2) is 25.7 Å². The van der Waals surface area contributed by atoms with Gasteiger partial charge in [-0.25, -0.2) is 0 Å². The van der Waals surface area contributed by atoms with E-state index in [9.17, 15) is 4.79 Å². The summed E-state index contributed by atoms with van der Waals surface area (Å²) in [7, 11) is 0. The highest BCUT2D eigenvalue weighted by molar-refractivity contribution is 9.10. The Kier molecular flexibility index (Phi) is 1.72. The summed E-state index contributed by atoms with van der Waals surface area (Å²) in [5, 5.41) is 0. The van der Waals surface area contributed by atoms with Gasteiger partial charge in [0.2, 0.25) is 0 Å². The number of carbonyl (C=O) groups is 1. The summed E-state index contributed by atoms with van der Waals surface area (Å²) >= 11 is 3.01. The lowest BCUT2D eigenvalue weighted by Crippen LogP contribution is -2.41. The molecule has 1 aliphatic rings. The van der Waals surface area contributed by atoms with Crippen LogP contribution < -0.4 is 4.90 Å². The van der Waals surface area contributed by atoms with Crippen molar-refractivity contribution in [2.45, 2.75) is 0 Å². The molecule has 1 fully saturated rings. The topological polar surface area (TPSA) is 29.5 Å². The molecule has 1 aromatic rings. The average molecular weight is 260 g/mol. The summed E-state index contributed by atoms with van der Waals surface area (Å²) in [5.74, 6) is -0.357. The largest absolute Gasteiger partial charge is 0.370 e. The van der Waals surface area contributed by atoms with Crippen LogP contribution in [0.4, 0.5) is 5.69 Å². The molecule has 1 saturated heterocycles. The van der Waals surface area contributed by atoms with Gasteiger partial charge in [-0.2, -0.15) is 0 Å². The predicted octanol–water partition coefficient (Wildman–Crippen LogP) is 1.81. The van der Waals surface area contributed by atoms with Crippen LogP contribution in [0.3, 0.4) is 0 Å². The fourth-order valence-electron chi connectivity index (χ4n) is 1.18. The Labute approximate surface area is 96.4 Å². The van der Waals surface area contributed by atoms with Gasteiger partial charge < -0.3 is 9.64 Å². The molecule has 0 aliphatic carbocycles. The monoisotopic (exact) mass is 259 g/mol. The Morgan fingerprint density at radius 2 is 2.14 bits per heavy atom. The molecule has 0 saturated carbocycles. The van der Waals surface area contributed by atoms with Crippen LogP contribution >= 0.6 is 15.9 Å². The summed E-state index contributed by atoms with van der Waals surface area (Å²) in [6.07, 6.45) is 0. The number of benzene rings is 1. The molecule has 1 amide bonds. The lowest BCUT2D eigenvalue weighted by atomic mass is 10.2. The van der Waals surface area contributed by atoms with E-state index in [0.717, 1.165) is 0 Å². The first-order valence-corrected chi connectivity index (χ1v) is 4.88. The van der Waals surface area contributed by atoms with Crippen molar-refractivity contribution in [3.63, 3.8) is 0 Å². The van der Waals surface area contributed by atoms with Gasteiger partial charge in [-0.15, -0.1) is 0 Å². The molecule has 0 spiro atoms. The minimum absolute atomic E-state index is 0.0153. The van der Waals surface area contributed by atoms with Gasteiger partial charge in [0.1, 0.15) is 6.61 Å². The molecular weight excluding hydrogens is 246 g/mol. The van der Waals surface area contributed by atoms with Gasteiger partial charge in [0, 0.05) is 16.7 Å². The number of morpholine rings is 1. The van der Waals surface area contributed by atoms with Crippen LogP contribution in [0.2, 0.25) is 0 Å². The number of ether oxygens (including phenoxy) is 1. The van der Waals surface area contributed by atoms with Crippen LogP contribution in [0.25, 0.3) is 0 Å². The Hall–Kier alpha value is -0.870. The third-order valence-corrected chi connectivity index (χ3v) is 2.23. The number of hydrogen-bond donors (Lipinski definition) is 0. The molecule has 1 heterocycles. The van der Waals surface area contributed by atoms with E-state index in [2.05, 4.69) is 15.9 Å². The SMILES string of the molecule is [2H]c1c([2H])c(N2CCOCC2=O)c([2H])c([2H])c1Br. The molecular formula is C10H10BrNO2. The fraction of sp³-hybridized carbons (Fsp3) is 0.300. The zero-order valence-corrected chi connectivity index (χ0v) is 8.85. The third kappa shape index (κ3) is 1.96. The Balaban J connectivity index is 2.60. The van der Waals surface area contributed by atoms with E-state index >= 15 is 0 Å². The van der Waals surface area contributed by atoms with Crippen LogP contribution in [0, 0.1) is 0 Å². The van der Waals surface area contributed by atoms with Crippen LogP contribution in [0.5, 0.6) is 0 Å². The number of carbonyl (C=O) groups excluding carboxylic acids is 1. The van der Waals surface area contributed by atoms with Gasteiger partial charge >= 0.3 is 0 Å². The predicted molar refractivity (Wildman–Crippen MR) is 57.3 cm³/mol. The van der Waals surface area contributed by atoms with Gasteiger partial charge in [-0.1, -0.05) is 15.9 Å². The van der Waals surface area contributed by atoms with Crippen molar-refractivity contribution in [2.75, 3.05) is 24.7 Å². The zero-order chi connectivity index (χ0) is 13.4. The number of anilines is 1. The first kappa shape index (κ1) is 5.88. The van der Waals surface area contributed by atoms with Gasteiger partial charge in [0.05, 0.1) is 12.1 Å². The zero-order valence-electron chi connectivity index (χ0n) is 11.3. The number of rotatable bonds is 1. The maximum atomic E-state index is 11.7. The molecule has 1 aliphatic heterocycles. The Morgan fingerprint density at radius 1 is 1.43 bits per heavy atom. The molecule has 2 rings (SSSR count). The van der Waals surface area contributed by atoms with E-state index in [4.69, 9.17) is 10.2 Å². The summed E-state index contributed by atoms with van der Waals surface area (Å²) in [4.78, 5) is 13.0. The molecule has 0 unspecified atom stereocenters. The second-order valence-corrected chi connectivity index (χ2v) is 3.55. The van der Waals surface area contributed by atoms with Crippen molar-refractivity contribution in [1.29, 1.82) is 0 Å². The second kappa shape index (κ2) is 4.11. The molecule has 0 aromatic heterocycles. The smallest absolute Gasteiger partial charge is 0.253 e. The minimum atomic E-state index is -0.357. The Morgan fingerprint density at radius 3 is 2.79 bits per heavy atom. The molecule has 0 bridgehead atoms. The lowest BCUT2D eigenvalue weighted by Gasteiger charge is -2.26. The first-order valence-electron chi connectivity index (χ1n) is 6.09. The lowest BCUT2D eigenvalue weighted by molar-refractivity contribution is -0.125. The van der Waals surface area contributed by atoms with Crippen molar-refractivity contribution in [3.05, 3.63) is 28.6 Å². The number of halogens is 1. The van der Waals surface area contributed by atoms with Crippen LogP contribution in [0.15, 0.2) is 28.6 Å². The molecule has 3 nitrogen and oxygen atoms in total. The van der Waals surface area contributed by atoms with E-state index < -0.39 is 0 Å². The molecule has 14 heavy (non-hydrogen) atoms. The number of nitrogens with zero attached hydrogens (tertiary/aromatic N) is 1. The third-order valence-electron chi connectivity index (χ3n) is 1.84. The molecule has 0 radical (unpaired) electrons. The van der Waals surface area contributed by atoms with Gasteiger partial charge in [0.15, 0.2) is 0 Å². The van der Waals surface area contributed by atoms with E-state index in [1.54, 1.807) is 0 Å². The van der Waals surface area contributed by atoms with Gasteiger partial charge in [-0.05, 0) is 24.2 Å². The average Bonchev–Trinajstić information content (AvgIpc) is 2.36. The van der Waals surface area contributed by atoms with Gasteiger partial charge in [-0.3, -0.25) is 4.79 Å². The molecule has 0 atom stereocenters. The Bertz CT molecular complexity index is 494. The van der Waals surface area contributed by atoms with E-state index in [1.165, 1.54) is 4.90 Å². The quantitative estimate of drug-likeness (QED) is 0.770. The summed E-state index contributed by atoms with van der Waals surface area (Å²) in [6, 6.07) is -0.827.